The van der Waals surface area contributed by atoms with Crippen LogP contribution in [0.2, 0.25) is 0 Å². The molecule has 0 fully saturated rings. The normalized spacial score (nSPS) is 11.3. The molecule has 0 spiro atoms. The first-order chi connectivity index (χ1) is 9.06. The summed E-state index contributed by atoms with van der Waals surface area (Å²) in [4.78, 5) is 20.4. The summed E-state index contributed by atoms with van der Waals surface area (Å²) in [5.41, 5.74) is 0. The molecule has 116 valence electrons. The topological polar surface area (TPSA) is 72.4 Å². The third-order valence-corrected chi connectivity index (χ3v) is 3.75. The van der Waals surface area contributed by atoms with Crippen molar-refractivity contribution < 1.29 is 46.2 Å². The molecule has 0 unspecified atom stereocenters. The van der Waals surface area contributed by atoms with Crippen molar-refractivity contribution >= 4 is 7.82 Å². The van der Waals surface area contributed by atoms with Crippen LogP contribution in [0.25, 0.3) is 0 Å². The van der Waals surface area contributed by atoms with E-state index in [4.69, 9.17) is 0 Å². The van der Waals surface area contributed by atoms with Crippen LogP contribution >= 0.6 is 7.82 Å². The van der Waals surface area contributed by atoms with Crippen molar-refractivity contribution in [2.45, 2.75) is 84.0 Å². The Labute approximate surface area is 144 Å². The van der Waals surface area contributed by atoms with Gasteiger partial charge in [-0.3, -0.25) is 0 Å². The van der Waals surface area contributed by atoms with Crippen molar-refractivity contribution in [1.82, 2.24) is 0 Å². The summed E-state index contributed by atoms with van der Waals surface area (Å²) >= 11 is 0. The average Bonchev–Trinajstić information content (AvgIpc) is 2.34. The molecule has 4 nitrogen and oxygen atoms in total. The van der Waals surface area contributed by atoms with E-state index in [9.17, 15) is 14.4 Å². The molecule has 0 rings (SSSR count). The van der Waals surface area contributed by atoms with Gasteiger partial charge in [0.1, 0.15) is 0 Å². The van der Waals surface area contributed by atoms with Crippen LogP contribution in [0, 0.1) is 0 Å². The van der Waals surface area contributed by atoms with E-state index in [2.05, 4.69) is 11.4 Å². The second-order valence-corrected chi connectivity index (χ2v) is 6.32. The van der Waals surface area contributed by atoms with E-state index in [1.54, 1.807) is 0 Å². The van der Waals surface area contributed by atoms with Crippen molar-refractivity contribution in [3.63, 3.8) is 0 Å². The smallest absolute Gasteiger partial charge is 0.790 e. The van der Waals surface area contributed by atoms with E-state index in [0.717, 1.165) is 12.8 Å². The number of hydrogen-bond acceptors (Lipinski definition) is 4. The van der Waals surface area contributed by atoms with Crippen LogP contribution in [0.5, 0.6) is 0 Å². The zero-order chi connectivity index (χ0) is 14.4. The predicted molar refractivity (Wildman–Crippen MR) is 74.6 cm³/mol. The van der Waals surface area contributed by atoms with Gasteiger partial charge >= 0.3 is 27.3 Å². The fraction of sp³-hybridized carbons (Fsp3) is 1.00. The Kier molecular flexibility index (Phi) is 19.1. The van der Waals surface area contributed by atoms with Crippen molar-refractivity contribution in [2.75, 3.05) is 6.61 Å². The summed E-state index contributed by atoms with van der Waals surface area (Å²) < 4.78 is 14.3. The first kappa shape index (κ1) is 23.3. The molecule has 0 radical (unpaired) electrons. The van der Waals surface area contributed by atoms with E-state index in [0.29, 0.717) is 6.42 Å². The van der Waals surface area contributed by atoms with Gasteiger partial charge in [0.2, 0.25) is 0 Å². The monoisotopic (exact) mass is 406 g/mol. The summed E-state index contributed by atoms with van der Waals surface area (Å²) in [5, 5.41) is 0. The van der Waals surface area contributed by atoms with Gasteiger partial charge in [0, 0.05) is 0 Å². The molecule has 0 aliphatic carbocycles. The largest absolute Gasteiger partial charge is 2.00 e. The van der Waals surface area contributed by atoms with E-state index < -0.39 is 7.82 Å². The molecule has 0 atom stereocenters. The molecule has 0 aliphatic heterocycles. The second-order valence-electron chi connectivity index (χ2n) is 5.17. The van der Waals surface area contributed by atoms with Gasteiger partial charge in [-0.2, -0.15) is 0 Å². The maximum Gasteiger partial charge on any atom is 2.00 e. The van der Waals surface area contributed by atoms with Gasteiger partial charge in [-0.1, -0.05) is 77.6 Å². The number of phosphoric ester groups is 1. The molecule has 6 heteroatoms. The van der Waals surface area contributed by atoms with Crippen molar-refractivity contribution in [3.05, 3.63) is 0 Å². The van der Waals surface area contributed by atoms with Crippen LogP contribution in [0.3, 0.4) is 0 Å². The fourth-order valence-corrected chi connectivity index (χ4v) is 2.47. The van der Waals surface area contributed by atoms with Crippen LogP contribution < -0.4 is 9.79 Å². The summed E-state index contributed by atoms with van der Waals surface area (Å²) in [5.74, 6) is 0. The summed E-state index contributed by atoms with van der Waals surface area (Å²) in [7, 11) is -4.75. The molecule has 0 heterocycles. The van der Waals surface area contributed by atoms with Gasteiger partial charge in [0.15, 0.2) is 0 Å². The summed E-state index contributed by atoms with van der Waals surface area (Å²) in [6.45, 7) is 2.28. The molecule has 0 amide bonds. The first-order valence-electron chi connectivity index (χ1n) is 7.73. The molecule has 0 bridgehead atoms. The van der Waals surface area contributed by atoms with Crippen LogP contribution in [0.4, 0.5) is 0 Å². The molecule has 0 aromatic carbocycles. The number of hydrogen-bond donors (Lipinski definition) is 0. The quantitative estimate of drug-likeness (QED) is 0.252. The number of unbranched alkanes of at least 4 members (excludes halogenated alkanes) is 11. The van der Waals surface area contributed by atoms with Crippen molar-refractivity contribution in [1.29, 1.82) is 0 Å². The maximum absolute atomic E-state index is 10.2. The van der Waals surface area contributed by atoms with Gasteiger partial charge < -0.3 is 18.9 Å². The van der Waals surface area contributed by atoms with E-state index in [-0.39, 0.29) is 33.9 Å². The number of phosphoric acid groups is 1. The molecule has 0 aliphatic rings. The van der Waals surface area contributed by atoms with E-state index in [1.165, 1.54) is 57.8 Å². The molecular formula is C14H29CdO4P. The van der Waals surface area contributed by atoms with Crippen molar-refractivity contribution in [2.24, 2.45) is 0 Å². The van der Waals surface area contributed by atoms with Gasteiger partial charge in [-0.15, -0.1) is 0 Å². The van der Waals surface area contributed by atoms with Gasteiger partial charge in [0.05, 0.1) is 14.4 Å². The van der Waals surface area contributed by atoms with Gasteiger partial charge in [-0.25, -0.2) is 0 Å². The third-order valence-electron chi connectivity index (χ3n) is 3.25. The van der Waals surface area contributed by atoms with Gasteiger partial charge in [0.25, 0.3) is 0 Å². The van der Waals surface area contributed by atoms with Crippen LogP contribution in [-0.2, 0) is 36.4 Å². The Balaban J connectivity index is 0. The SMILES string of the molecule is CCCCCCCCCCCCCCOP(=O)([O-])[O-].[Cd+2]. The average molecular weight is 405 g/mol. The molecule has 0 saturated carbocycles. The van der Waals surface area contributed by atoms with E-state index >= 15 is 0 Å². The van der Waals surface area contributed by atoms with Crippen LogP contribution in [0.1, 0.15) is 84.0 Å². The first-order valence-corrected chi connectivity index (χ1v) is 9.19. The standard InChI is InChI=1S/C14H31O4P.Cd/c1-2-3-4-5-6-7-8-9-10-11-12-13-14-18-19(15,16)17;/h2-14H2,1H3,(H2,15,16,17);/q;+2/p-2. The fourth-order valence-electron chi connectivity index (χ4n) is 2.12. The molecule has 0 N–H and O–H groups in total. The Morgan fingerprint density at radius 3 is 1.45 bits per heavy atom. The van der Waals surface area contributed by atoms with Crippen LogP contribution in [-0.4, -0.2) is 6.61 Å². The second kappa shape index (κ2) is 16.4. The number of rotatable bonds is 14. The zero-order valence-electron chi connectivity index (χ0n) is 13.0. The van der Waals surface area contributed by atoms with Gasteiger partial charge in [-0.05, 0) is 6.42 Å². The van der Waals surface area contributed by atoms with Crippen molar-refractivity contribution in [3.8, 4) is 0 Å². The molecular weight excluding hydrogens is 376 g/mol. The maximum atomic E-state index is 10.2. The molecule has 20 heavy (non-hydrogen) atoms. The Hall–Kier alpha value is 1.03. The Morgan fingerprint density at radius 1 is 0.750 bits per heavy atom. The molecule has 0 aromatic heterocycles. The summed E-state index contributed by atoms with van der Waals surface area (Å²) in [6.07, 6.45) is 14.6. The third kappa shape index (κ3) is 21.3. The molecule has 0 aromatic rings. The van der Waals surface area contributed by atoms with E-state index in [1.807, 2.05) is 0 Å². The minimum atomic E-state index is -4.75. The zero-order valence-corrected chi connectivity index (χ0v) is 17.9. The Morgan fingerprint density at radius 2 is 1.10 bits per heavy atom. The minimum absolute atomic E-state index is 0. The minimum Gasteiger partial charge on any atom is -0.790 e. The molecule has 0 saturated heterocycles. The summed E-state index contributed by atoms with van der Waals surface area (Å²) in [6, 6.07) is 0. The Bertz CT molecular complexity index is 233. The predicted octanol–water partition coefficient (Wildman–Crippen LogP) is 3.53. The van der Waals surface area contributed by atoms with Crippen LogP contribution in [0.15, 0.2) is 0 Å².